The van der Waals surface area contributed by atoms with E-state index in [2.05, 4.69) is 46.7 Å². The molecule has 5 aromatic rings. The molecule has 5 nitrogen and oxygen atoms in total. The zero-order valence-electron chi connectivity index (χ0n) is 18.9. The van der Waals surface area contributed by atoms with Gasteiger partial charge in [-0.15, -0.1) is 10.2 Å². The quantitative estimate of drug-likeness (QED) is 0.333. The van der Waals surface area contributed by atoms with Crippen LogP contribution >= 0.6 is 0 Å². The number of anilines is 1. The van der Waals surface area contributed by atoms with Gasteiger partial charge in [-0.25, -0.2) is 0 Å². The van der Waals surface area contributed by atoms with Gasteiger partial charge in [0.2, 0.25) is 0 Å². The van der Waals surface area contributed by atoms with Gasteiger partial charge in [0.1, 0.15) is 11.0 Å². The van der Waals surface area contributed by atoms with Crippen LogP contribution in [0.4, 0.5) is 5.69 Å². The number of unbranched alkanes of at least 4 members (excludes halogenated alkanes) is 1. The zero-order chi connectivity index (χ0) is 22.8. The number of benzene rings is 4. The lowest BCUT2D eigenvalue weighted by atomic mass is 10.1. The molecule has 4 aromatic carbocycles. The molecule has 0 unspecified atom stereocenters. The van der Waals surface area contributed by atoms with Gasteiger partial charge in [0.05, 0.1) is 5.69 Å². The van der Waals surface area contributed by atoms with E-state index >= 15 is 0 Å². The third-order valence-electron chi connectivity index (χ3n) is 5.97. The number of carbonyl (C=O) groups excluding carboxylic acids is 1. The van der Waals surface area contributed by atoms with Gasteiger partial charge in [0.15, 0.2) is 0 Å². The molecule has 0 radical (unpaired) electrons. The highest BCUT2D eigenvalue weighted by atomic mass is 16.1. The van der Waals surface area contributed by atoms with E-state index in [0.29, 0.717) is 5.56 Å². The minimum atomic E-state index is -0.140. The fourth-order valence-corrected chi connectivity index (χ4v) is 4.02. The fourth-order valence-electron chi connectivity index (χ4n) is 4.02. The summed E-state index contributed by atoms with van der Waals surface area (Å²) in [5.41, 5.74) is 6.09. The van der Waals surface area contributed by atoms with E-state index in [4.69, 9.17) is 0 Å². The molecule has 1 amide bonds. The second-order valence-electron chi connectivity index (χ2n) is 8.43. The van der Waals surface area contributed by atoms with Gasteiger partial charge in [0.25, 0.3) is 5.91 Å². The Morgan fingerprint density at radius 2 is 1.61 bits per heavy atom. The molecule has 0 atom stereocenters. The smallest absolute Gasteiger partial charge is 0.255 e. The molecule has 33 heavy (non-hydrogen) atoms. The van der Waals surface area contributed by atoms with Crippen molar-refractivity contribution in [3.8, 4) is 5.69 Å². The number of carbonyl (C=O) groups is 1. The molecule has 0 saturated heterocycles. The van der Waals surface area contributed by atoms with Crippen LogP contribution in [0.3, 0.4) is 0 Å². The number of aryl methyl sites for hydroxylation is 2. The third-order valence-corrected chi connectivity index (χ3v) is 5.97. The largest absolute Gasteiger partial charge is 0.322 e. The van der Waals surface area contributed by atoms with Crippen molar-refractivity contribution < 1.29 is 4.79 Å². The Hall–Kier alpha value is -3.99. The summed E-state index contributed by atoms with van der Waals surface area (Å²) < 4.78 is 0. The molecule has 0 aliphatic rings. The van der Waals surface area contributed by atoms with Crippen LogP contribution in [0, 0.1) is 6.92 Å². The molecule has 5 heteroatoms. The minimum Gasteiger partial charge on any atom is -0.322 e. The summed E-state index contributed by atoms with van der Waals surface area (Å²) in [4.78, 5) is 14.6. The Morgan fingerprint density at radius 3 is 2.36 bits per heavy atom. The number of amides is 1. The molecule has 0 bridgehead atoms. The van der Waals surface area contributed by atoms with Crippen molar-refractivity contribution in [1.29, 1.82) is 0 Å². The summed E-state index contributed by atoms with van der Waals surface area (Å²) in [5, 5.41) is 14.5. The highest BCUT2D eigenvalue weighted by Gasteiger charge is 2.12. The Kier molecular flexibility index (Phi) is 5.61. The predicted molar refractivity (Wildman–Crippen MR) is 134 cm³/mol. The molecule has 1 N–H and O–H groups in total. The second-order valence-corrected chi connectivity index (χ2v) is 8.43. The standard InChI is InChI=1S/C28H26N4O/c1-3-4-7-20-10-14-24(15-11-20)32-30-26-16-19(2)25(18-27(26)31-32)29-28(33)23-13-12-21-8-5-6-9-22(21)17-23/h5-6,8-18H,3-4,7H2,1-2H3,(H,29,33). The maximum Gasteiger partial charge on any atom is 0.255 e. The maximum absolute atomic E-state index is 12.9. The monoisotopic (exact) mass is 434 g/mol. The van der Waals surface area contributed by atoms with E-state index in [9.17, 15) is 4.79 Å². The van der Waals surface area contributed by atoms with E-state index in [-0.39, 0.29) is 5.91 Å². The van der Waals surface area contributed by atoms with Crippen LogP contribution in [-0.4, -0.2) is 20.9 Å². The molecule has 0 saturated carbocycles. The van der Waals surface area contributed by atoms with Crippen molar-refractivity contribution in [2.45, 2.75) is 33.1 Å². The SMILES string of the molecule is CCCCc1ccc(-n2nc3cc(C)c(NC(=O)c4ccc5ccccc5c4)cc3n2)cc1. The number of nitrogens with one attached hydrogen (secondary N) is 1. The van der Waals surface area contributed by atoms with E-state index in [0.717, 1.165) is 45.2 Å². The van der Waals surface area contributed by atoms with Gasteiger partial charge >= 0.3 is 0 Å². The zero-order valence-corrected chi connectivity index (χ0v) is 18.9. The van der Waals surface area contributed by atoms with Gasteiger partial charge < -0.3 is 5.32 Å². The van der Waals surface area contributed by atoms with Crippen LogP contribution in [-0.2, 0) is 6.42 Å². The van der Waals surface area contributed by atoms with Gasteiger partial charge in [-0.05, 0) is 78.1 Å². The van der Waals surface area contributed by atoms with Crippen molar-refractivity contribution in [2.24, 2.45) is 0 Å². The Morgan fingerprint density at radius 1 is 0.879 bits per heavy atom. The van der Waals surface area contributed by atoms with Crippen LogP contribution in [0.2, 0.25) is 0 Å². The number of aromatic nitrogens is 3. The molecule has 0 fully saturated rings. The maximum atomic E-state index is 12.9. The first-order chi connectivity index (χ1) is 16.1. The van der Waals surface area contributed by atoms with Gasteiger partial charge in [-0.2, -0.15) is 4.80 Å². The second kappa shape index (κ2) is 8.87. The molecule has 5 rings (SSSR count). The predicted octanol–water partition coefficient (Wildman–Crippen LogP) is 6.48. The summed E-state index contributed by atoms with van der Waals surface area (Å²) in [5.74, 6) is -0.140. The molecule has 164 valence electrons. The number of nitrogens with zero attached hydrogens (tertiary/aromatic N) is 3. The van der Waals surface area contributed by atoms with Gasteiger partial charge in [-0.3, -0.25) is 4.79 Å². The molecule has 1 heterocycles. The van der Waals surface area contributed by atoms with Crippen LogP contribution in [0.15, 0.2) is 78.9 Å². The third kappa shape index (κ3) is 4.35. The minimum absolute atomic E-state index is 0.140. The molecular weight excluding hydrogens is 408 g/mol. The van der Waals surface area contributed by atoms with Gasteiger partial charge in [0, 0.05) is 11.3 Å². The van der Waals surface area contributed by atoms with Crippen molar-refractivity contribution >= 4 is 33.4 Å². The average molecular weight is 435 g/mol. The normalized spacial score (nSPS) is 11.2. The summed E-state index contributed by atoms with van der Waals surface area (Å²) in [6.07, 6.45) is 3.47. The Bertz CT molecular complexity index is 1450. The lowest BCUT2D eigenvalue weighted by Crippen LogP contribution is -2.12. The van der Waals surface area contributed by atoms with Crippen LogP contribution < -0.4 is 5.32 Å². The van der Waals surface area contributed by atoms with E-state index in [1.807, 2.05) is 61.5 Å². The molecule has 1 aromatic heterocycles. The first kappa shape index (κ1) is 20.9. The summed E-state index contributed by atoms with van der Waals surface area (Å²) in [6, 6.07) is 26.0. The van der Waals surface area contributed by atoms with Crippen LogP contribution in [0.5, 0.6) is 0 Å². The summed E-state index contributed by atoms with van der Waals surface area (Å²) in [7, 11) is 0. The van der Waals surface area contributed by atoms with E-state index in [1.54, 1.807) is 4.80 Å². The first-order valence-electron chi connectivity index (χ1n) is 11.4. The molecule has 0 spiro atoms. The lowest BCUT2D eigenvalue weighted by molar-refractivity contribution is 0.102. The molecule has 0 aliphatic carbocycles. The topological polar surface area (TPSA) is 59.8 Å². The van der Waals surface area contributed by atoms with E-state index < -0.39 is 0 Å². The van der Waals surface area contributed by atoms with Crippen LogP contribution in [0.1, 0.15) is 41.3 Å². The number of fused-ring (bicyclic) bond motifs is 2. The number of hydrogen-bond acceptors (Lipinski definition) is 3. The number of hydrogen-bond donors (Lipinski definition) is 1. The Labute approximate surface area is 193 Å². The molecule has 0 aliphatic heterocycles. The summed E-state index contributed by atoms with van der Waals surface area (Å²) in [6.45, 7) is 4.17. The average Bonchev–Trinajstić information content (AvgIpc) is 3.25. The highest BCUT2D eigenvalue weighted by Crippen LogP contribution is 2.24. The van der Waals surface area contributed by atoms with Crippen molar-refractivity contribution in [3.63, 3.8) is 0 Å². The van der Waals surface area contributed by atoms with Gasteiger partial charge in [-0.1, -0.05) is 55.8 Å². The van der Waals surface area contributed by atoms with Crippen molar-refractivity contribution in [3.05, 3.63) is 95.6 Å². The lowest BCUT2D eigenvalue weighted by Gasteiger charge is -2.09. The highest BCUT2D eigenvalue weighted by molar-refractivity contribution is 6.07. The molecular formula is C28H26N4O. The fraction of sp³-hybridized carbons (Fsp3) is 0.179. The van der Waals surface area contributed by atoms with Crippen molar-refractivity contribution in [2.75, 3.05) is 5.32 Å². The summed E-state index contributed by atoms with van der Waals surface area (Å²) >= 11 is 0. The van der Waals surface area contributed by atoms with Crippen molar-refractivity contribution in [1.82, 2.24) is 15.0 Å². The Balaban J connectivity index is 1.40. The number of rotatable bonds is 6. The van der Waals surface area contributed by atoms with Crippen LogP contribution in [0.25, 0.3) is 27.5 Å². The first-order valence-corrected chi connectivity index (χ1v) is 11.4. The van der Waals surface area contributed by atoms with E-state index in [1.165, 1.54) is 18.4 Å².